The fourth-order valence-corrected chi connectivity index (χ4v) is 5.36. The molecule has 11 heteroatoms. The Kier molecular flexibility index (Phi) is 4.51. The normalized spacial score (nSPS) is 11.8. The number of imidazole rings is 1. The topological polar surface area (TPSA) is 126 Å². The summed E-state index contributed by atoms with van der Waals surface area (Å²) in [5.41, 5.74) is 4.97. The van der Waals surface area contributed by atoms with Crippen molar-refractivity contribution in [3.8, 4) is 28.3 Å². The zero-order valence-electron chi connectivity index (χ0n) is 18.4. The van der Waals surface area contributed by atoms with E-state index in [1.54, 1.807) is 47.4 Å². The molecule has 35 heavy (non-hydrogen) atoms. The Morgan fingerprint density at radius 3 is 2.69 bits per heavy atom. The summed E-state index contributed by atoms with van der Waals surface area (Å²) in [5, 5.41) is 16.4. The number of hydrogen-bond acceptors (Lipinski definition) is 6. The average Bonchev–Trinajstić information content (AvgIpc) is 3.61. The van der Waals surface area contributed by atoms with Gasteiger partial charge in [0.15, 0.2) is 12.1 Å². The van der Waals surface area contributed by atoms with Crippen molar-refractivity contribution in [1.82, 2.24) is 28.7 Å². The largest absolute Gasteiger partial charge is 0.301 e. The van der Waals surface area contributed by atoms with E-state index < -0.39 is 10.0 Å². The zero-order valence-corrected chi connectivity index (χ0v) is 19.2. The second kappa shape index (κ2) is 7.61. The maximum absolute atomic E-state index is 13.7. The first-order valence-corrected chi connectivity index (χ1v) is 12.0. The molecule has 0 radical (unpaired) electrons. The highest BCUT2D eigenvalue weighted by atomic mass is 32.2. The maximum atomic E-state index is 13.7. The lowest BCUT2D eigenvalue weighted by Crippen LogP contribution is -2.27. The molecule has 0 spiro atoms. The van der Waals surface area contributed by atoms with Gasteiger partial charge in [0.2, 0.25) is 6.20 Å². The molecular formula is C24H17N8O2S+. The van der Waals surface area contributed by atoms with E-state index in [0.717, 1.165) is 26.3 Å². The summed E-state index contributed by atoms with van der Waals surface area (Å²) in [7, 11) is -2.25. The van der Waals surface area contributed by atoms with Crippen LogP contribution in [0.15, 0.2) is 84.7 Å². The van der Waals surface area contributed by atoms with Crippen LogP contribution in [0.3, 0.4) is 0 Å². The van der Waals surface area contributed by atoms with Crippen molar-refractivity contribution in [2.24, 2.45) is 7.05 Å². The molecule has 0 aliphatic carbocycles. The third kappa shape index (κ3) is 3.35. The fourth-order valence-electron chi connectivity index (χ4n) is 4.02. The summed E-state index contributed by atoms with van der Waals surface area (Å²) < 4.78 is 31.8. The third-order valence-electron chi connectivity index (χ3n) is 5.77. The first-order chi connectivity index (χ1) is 16.9. The molecule has 0 atom stereocenters. The number of H-pyrrole nitrogens is 1. The lowest BCUT2D eigenvalue weighted by atomic mass is 10.1. The van der Waals surface area contributed by atoms with Gasteiger partial charge in [0, 0.05) is 18.0 Å². The van der Waals surface area contributed by atoms with Gasteiger partial charge >= 0.3 is 10.0 Å². The fraction of sp³-hybridized carbons (Fsp3) is 0.0417. The monoisotopic (exact) mass is 481 g/mol. The van der Waals surface area contributed by atoms with E-state index in [-0.39, 0.29) is 5.03 Å². The molecule has 0 bridgehead atoms. The van der Waals surface area contributed by atoms with Crippen LogP contribution in [-0.4, -0.2) is 37.1 Å². The minimum Gasteiger partial charge on any atom is -0.288 e. The summed E-state index contributed by atoms with van der Waals surface area (Å²) in [6.07, 6.45) is 9.81. The first kappa shape index (κ1) is 20.8. The highest BCUT2D eigenvalue weighted by molar-refractivity contribution is 7.90. The molecule has 1 N–H and O–H groups in total. The quantitative estimate of drug-likeness (QED) is 0.386. The molecule has 170 valence electrons. The van der Waals surface area contributed by atoms with E-state index >= 15 is 0 Å². The van der Waals surface area contributed by atoms with Crippen LogP contribution < -0.4 is 4.68 Å². The molecule has 0 unspecified atom stereocenters. The van der Waals surface area contributed by atoms with Crippen molar-refractivity contribution >= 4 is 26.7 Å². The molecule has 5 aromatic heterocycles. The van der Waals surface area contributed by atoms with E-state index in [1.807, 2.05) is 31.6 Å². The average molecular weight is 482 g/mol. The summed E-state index contributed by atoms with van der Waals surface area (Å²) >= 11 is 0. The summed E-state index contributed by atoms with van der Waals surface area (Å²) in [6.45, 7) is 0. The number of nitrogens with one attached hydrogen (secondary N) is 1. The van der Waals surface area contributed by atoms with Crippen LogP contribution in [0.25, 0.3) is 38.9 Å². The molecule has 0 saturated carbocycles. The van der Waals surface area contributed by atoms with Crippen molar-refractivity contribution in [1.29, 1.82) is 5.26 Å². The smallest absolute Gasteiger partial charge is 0.288 e. The zero-order chi connectivity index (χ0) is 24.2. The van der Waals surface area contributed by atoms with Crippen LogP contribution >= 0.6 is 0 Å². The van der Waals surface area contributed by atoms with Crippen molar-refractivity contribution in [2.45, 2.75) is 5.03 Å². The molecular weight excluding hydrogens is 464 g/mol. The van der Waals surface area contributed by atoms with E-state index in [9.17, 15) is 13.7 Å². The number of nitriles is 1. The molecule has 0 fully saturated rings. The van der Waals surface area contributed by atoms with Gasteiger partial charge in [-0.1, -0.05) is 12.1 Å². The van der Waals surface area contributed by atoms with Gasteiger partial charge in [0.1, 0.15) is 16.7 Å². The van der Waals surface area contributed by atoms with E-state index in [0.29, 0.717) is 22.2 Å². The van der Waals surface area contributed by atoms with Crippen LogP contribution in [0, 0.1) is 11.3 Å². The van der Waals surface area contributed by atoms with Crippen LogP contribution in [-0.2, 0) is 17.1 Å². The minimum absolute atomic E-state index is 0.0331. The third-order valence-corrected chi connectivity index (χ3v) is 7.34. The predicted octanol–water partition coefficient (Wildman–Crippen LogP) is 2.67. The number of aromatic nitrogens is 7. The van der Waals surface area contributed by atoms with Crippen molar-refractivity contribution in [3.63, 3.8) is 0 Å². The minimum atomic E-state index is -4.11. The number of fused-ring (bicyclic) bond motifs is 2. The SMILES string of the molecule is C[n+]1cc(-c2cnc3cnn(S(=O)(=O)c4cnc5ccc(-c6cccc(C#N)c6)cn45)c3c2)c[nH]1. The predicted molar refractivity (Wildman–Crippen MR) is 126 cm³/mol. The Morgan fingerprint density at radius 1 is 1.00 bits per heavy atom. The molecule has 5 heterocycles. The van der Waals surface area contributed by atoms with Gasteiger partial charge in [-0.3, -0.25) is 9.38 Å². The lowest BCUT2D eigenvalue weighted by Gasteiger charge is -2.08. The first-order valence-electron chi connectivity index (χ1n) is 10.6. The second-order valence-electron chi connectivity index (χ2n) is 8.02. The van der Waals surface area contributed by atoms with Gasteiger partial charge in [-0.25, -0.2) is 4.98 Å². The number of benzene rings is 1. The Balaban J connectivity index is 1.50. The van der Waals surface area contributed by atoms with Gasteiger partial charge in [0.25, 0.3) is 0 Å². The Hall–Kier alpha value is -4.82. The van der Waals surface area contributed by atoms with Gasteiger partial charge in [-0.15, -0.1) is 4.68 Å². The van der Waals surface area contributed by atoms with E-state index in [1.165, 1.54) is 16.8 Å². The number of pyridine rings is 2. The molecule has 0 saturated heterocycles. The number of hydrogen-bond donors (Lipinski definition) is 1. The second-order valence-corrected chi connectivity index (χ2v) is 9.74. The summed E-state index contributed by atoms with van der Waals surface area (Å²) in [5.74, 6) is 0. The van der Waals surface area contributed by atoms with Crippen LogP contribution in [0.1, 0.15) is 5.56 Å². The standard InChI is InChI=1S/C24H16N8O2S/c1-30-14-20(11-28-30)19-8-22-21(26-10-19)12-29-32(22)35(33,34)24-13-27-23-6-5-18(15-31(23)24)17-4-2-3-16(7-17)9-25/h2-8,10-15H,1H3/p+1. The highest BCUT2D eigenvalue weighted by Crippen LogP contribution is 2.26. The van der Waals surface area contributed by atoms with Gasteiger partial charge in [0.05, 0.1) is 35.8 Å². The summed E-state index contributed by atoms with van der Waals surface area (Å²) in [6, 6.07) is 14.6. The van der Waals surface area contributed by atoms with Crippen LogP contribution in [0.2, 0.25) is 0 Å². The van der Waals surface area contributed by atoms with Crippen LogP contribution in [0.5, 0.6) is 0 Å². The van der Waals surface area contributed by atoms with Crippen molar-refractivity contribution < 1.29 is 13.1 Å². The maximum Gasteiger partial charge on any atom is 0.301 e. The number of aryl methyl sites for hydroxylation is 1. The van der Waals surface area contributed by atoms with Gasteiger partial charge in [-0.2, -0.15) is 28.0 Å². The van der Waals surface area contributed by atoms with E-state index in [4.69, 9.17) is 0 Å². The van der Waals surface area contributed by atoms with E-state index in [2.05, 4.69) is 26.2 Å². The molecule has 6 rings (SSSR count). The van der Waals surface area contributed by atoms with Crippen molar-refractivity contribution in [2.75, 3.05) is 0 Å². The number of aromatic amines is 1. The molecule has 0 aliphatic rings. The van der Waals surface area contributed by atoms with Crippen LogP contribution in [0.4, 0.5) is 0 Å². The molecule has 0 amide bonds. The Bertz CT molecular complexity index is 1910. The summed E-state index contributed by atoms with van der Waals surface area (Å²) in [4.78, 5) is 8.67. The number of rotatable bonds is 4. The van der Waals surface area contributed by atoms with Gasteiger partial charge in [-0.05, 0) is 41.5 Å². The molecule has 0 aliphatic heterocycles. The number of nitrogens with zero attached hydrogens (tertiary/aromatic N) is 7. The highest BCUT2D eigenvalue weighted by Gasteiger charge is 2.25. The molecule has 10 nitrogen and oxygen atoms in total. The lowest BCUT2D eigenvalue weighted by molar-refractivity contribution is -0.726. The Morgan fingerprint density at radius 2 is 1.89 bits per heavy atom. The molecule has 1 aromatic carbocycles. The molecule has 6 aromatic rings. The van der Waals surface area contributed by atoms with Crippen molar-refractivity contribution in [3.05, 3.63) is 85.2 Å². The Labute approximate surface area is 199 Å². The van der Waals surface area contributed by atoms with Gasteiger partial charge < -0.3 is 0 Å².